The molecule has 0 aliphatic rings. The van der Waals surface area contributed by atoms with Gasteiger partial charge in [0, 0.05) is 29.0 Å². The fourth-order valence-corrected chi connectivity index (χ4v) is 2.23. The van der Waals surface area contributed by atoms with E-state index in [9.17, 15) is 4.39 Å². The van der Waals surface area contributed by atoms with Crippen LogP contribution in [0, 0.1) is 5.82 Å². The highest BCUT2D eigenvalue weighted by Crippen LogP contribution is 2.17. The van der Waals surface area contributed by atoms with E-state index in [1.807, 2.05) is 6.07 Å². The van der Waals surface area contributed by atoms with Crippen LogP contribution < -0.4 is 5.32 Å². The normalized spacial score (nSPS) is 10.7. The molecule has 4 nitrogen and oxygen atoms in total. The van der Waals surface area contributed by atoms with E-state index in [-0.39, 0.29) is 5.82 Å². The van der Waals surface area contributed by atoms with Crippen LogP contribution in [-0.4, -0.2) is 15.0 Å². The Morgan fingerprint density at radius 2 is 1.95 bits per heavy atom. The van der Waals surface area contributed by atoms with Crippen molar-refractivity contribution in [2.75, 3.05) is 5.32 Å². The summed E-state index contributed by atoms with van der Waals surface area (Å²) in [7, 11) is 0. The summed E-state index contributed by atoms with van der Waals surface area (Å²) in [5, 5.41) is 3.08. The lowest BCUT2D eigenvalue weighted by Gasteiger charge is -2.07. The van der Waals surface area contributed by atoms with Crippen LogP contribution in [0.4, 0.5) is 10.2 Å². The van der Waals surface area contributed by atoms with Gasteiger partial charge in [-0.15, -0.1) is 0 Å². The molecule has 0 fully saturated rings. The van der Waals surface area contributed by atoms with Gasteiger partial charge in [-0.2, -0.15) is 0 Å². The fourth-order valence-electron chi connectivity index (χ4n) is 1.82. The molecular weight excluding hydrogens is 323 g/mol. The number of hydrogen-bond acceptors (Lipinski definition) is 4. The molecule has 6 heteroatoms. The van der Waals surface area contributed by atoms with Gasteiger partial charge in [0.25, 0.3) is 0 Å². The molecule has 20 heavy (non-hydrogen) atoms. The third-order valence-corrected chi connectivity index (χ3v) is 3.29. The highest BCUT2D eigenvalue weighted by molar-refractivity contribution is 9.10. The van der Waals surface area contributed by atoms with Crippen LogP contribution in [0.5, 0.6) is 0 Å². The van der Waals surface area contributed by atoms with Crippen LogP contribution in [0.15, 0.2) is 47.2 Å². The second-order valence-electron chi connectivity index (χ2n) is 4.18. The standard InChI is InChI=1S/C14H10BrFN4/c15-10-1-2-11(16)9(7-10)8-19-13-4-3-12-14(20-13)18-6-5-17-12/h1-7H,8H2,(H,18,19,20). The number of nitrogens with one attached hydrogen (secondary N) is 1. The smallest absolute Gasteiger partial charge is 0.180 e. The lowest BCUT2D eigenvalue weighted by molar-refractivity contribution is 0.612. The van der Waals surface area contributed by atoms with Gasteiger partial charge in [-0.3, -0.25) is 4.98 Å². The van der Waals surface area contributed by atoms with E-state index in [4.69, 9.17) is 0 Å². The summed E-state index contributed by atoms with van der Waals surface area (Å²) < 4.78 is 14.5. The largest absolute Gasteiger partial charge is 0.366 e. The van der Waals surface area contributed by atoms with Gasteiger partial charge >= 0.3 is 0 Å². The van der Waals surface area contributed by atoms with Gasteiger partial charge in [0.2, 0.25) is 0 Å². The predicted molar refractivity (Wildman–Crippen MR) is 78.8 cm³/mol. The lowest BCUT2D eigenvalue weighted by Crippen LogP contribution is -2.04. The van der Waals surface area contributed by atoms with Crippen molar-refractivity contribution >= 4 is 32.9 Å². The molecule has 0 saturated carbocycles. The topological polar surface area (TPSA) is 50.7 Å². The first kappa shape index (κ1) is 12.9. The molecule has 3 rings (SSSR count). The molecule has 0 atom stereocenters. The molecule has 0 aliphatic heterocycles. The summed E-state index contributed by atoms with van der Waals surface area (Å²) in [5.41, 5.74) is 1.86. The number of benzene rings is 1. The minimum absolute atomic E-state index is 0.249. The van der Waals surface area contributed by atoms with Crippen molar-refractivity contribution in [2.45, 2.75) is 6.54 Å². The van der Waals surface area contributed by atoms with E-state index in [0.29, 0.717) is 23.6 Å². The van der Waals surface area contributed by atoms with Gasteiger partial charge in [-0.25, -0.2) is 14.4 Å². The molecule has 2 aromatic heterocycles. The van der Waals surface area contributed by atoms with Crippen molar-refractivity contribution < 1.29 is 4.39 Å². The maximum atomic E-state index is 13.6. The predicted octanol–water partition coefficient (Wildman–Crippen LogP) is 3.54. The average Bonchev–Trinajstić information content (AvgIpc) is 2.48. The van der Waals surface area contributed by atoms with E-state index >= 15 is 0 Å². The van der Waals surface area contributed by atoms with Crippen LogP contribution >= 0.6 is 15.9 Å². The minimum Gasteiger partial charge on any atom is -0.366 e. The molecule has 0 saturated heterocycles. The molecule has 0 radical (unpaired) electrons. The van der Waals surface area contributed by atoms with Crippen LogP contribution in [0.2, 0.25) is 0 Å². The molecule has 0 bridgehead atoms. The van der Waals surface area contributed by atoms with E-state index < -0.39 is 0 Å². The van der Waals surface area contributed by atoms with Gasteiger partial charge < -0.3 is 5.32 Å². The molecule has 1 N–H and O–H groups in total. The molecule has 2 heterocycles. The Bertz CT molecular complexity index is 763. The van der Waals surface area contributed by atoms with Crippen LogP contribution in [-0.2, 0) is 6.54 Å². The highest BCUT2D eigenvalue weighted by Gasteiger charge is 2.04. The van der Waals surface area contributed by atoms with Gasteiger partial charge in [0.1, 0.15) is 17.2 Å². The SMILES string of the molecule is Fc1ccc(Br)cc1CNc1ccc2nccnc2n1. The summed E-state index contributed by atoms with van der Waals surface area (Å²) >= 11 is 3.33. The Balaban J connectivity index is 1.81. The zero-order valence-electron chi connectivity index (χ0n) is 10.3. The molecule has 0 amide bonds. The van der Waals surface area contributed by atoms with Gasteiger partial charge in [0.15, 0.2) is 5.65 Å². The fraction of sp³-hybridized carbons (Fsp3) is 0.0714. The van der Waals surface area contributed by atoms with Crippen molar-refractivity contribution in [2.24, 2.45) is 0 Å². The Kier molecular flexibility index (Phi) is 3.56. The Morgan fingerprint density at radius 1 is 1.10 bits per heavy atom. The zero-order valence-corrected chi connectivity index (χ0v) is 11.9. The number of aromatic nitrogens is 3. The summed E-state index contributed by atoms with van der Waals surface area (Å²) in [6, 6.07) is 8.47. The summed E-state index contributed by atoms with van der Waals surface area (Å²) in [5.74, 6) is 0.388. The van der Waals surface area contributed by atoms with E-state index in [1.165, 1.54) is 6.07 Å². The molecular formula is C14H10BrFN4. The average molecular weight is 333 g/mol. The summed E-state index contributed by atoms with van der Waals surface area (Å²) in [6.07, 6.45) is 3.21. The Hall–Kier alpha value is -2.08. The van der Waals surface area contributed by atoms with Crippen LogP contribution in [0.3, 0.4) is 0 Å². The van der Waals surface area contributed by atoms with E-state index in [1.54, 1.807) is 30.6 Å². The van der Waals surface area contributed by atoms with Crippen molar-refractivity contribution in [1.82, 2.24) is 15.0 Å². The van der Waals surface area contributed by atoms with Crippen LogP contribution in [0.1, 0.15) is 5.56 Å². The third kappa shape index (κ3) is 2.75. The van der Waals surface area contributed by atoms with Gasteiger partial charge in [-0.1, -0.05) is 15.9 Å². The highest BCUT2D eigenvalue weighted by atomic mass is 79.9. The van der Waals surface area contributed by atoms with Gasteiger partial charge in [0.05, 0.1) is 0 Å². The first-order chi connectivity index (χ1) is 9.72. The minimum atomic E-state index is -0.249. The maximum Gasteiger partial charge on any atom is 0.180 e. The first-order valence-corrected chi connectivity index (χ1v) is 6.77. The molecule has 0 unspecified atom stereocenters. The second kappa shape index (κ2) is 5.50. The monoisotopic (exact) mass is 332 g/mol. The van der Waals surface area contributed by atoms with Gasteiger partial charge in [-0.05, 0) is 30.3 Å². The molecule has 100 valence electrons. The zero-order chi connectivity index (χ0) is 13.9. The lowest BCUT2D eigenvalue weighted by atomic mass is 10.2. The Morgan fingerprint density at radius 3 is 2.85 bits per heavy atom. The number of nitrogens with zero attached hydrogens (tertiary/aromatic N) is 3. The molecule has 3 aromatic rings. The molecule has 0 aliphatic carbocycles. The maximum absolute atomic E-state index is 13.6. The number of rotatable bonds is 3. The summed E-state index contributed by atoms with van der Waals surface area (Å²) in [6.45, 7) is 0.351. The van der Waals surface area contributed by atoms with Crippen LogP contribution in [0.25, 0.3) is 11.2 Å². The van der Waals surface area contributed by atoms with Crippen molar-refractivity contribution in [3.63, 3.8) is 0 Å². The van der Waals surface area contributed by atoms with E-state index in [0.717, 1.165) is 9.99 Å². The number of hydrogen-bond donors (Lipinski definition) is 1. The quantitative estimate of drug-likeness (QED) is 0.797. The molecule has 1 aromatic carbocycles. The first-order valence-electron chi connectivity index (χ1n) is 5.98. The number of fused-ring (bicyclic) bond motifs is 1. The third-order valence-electron chi connectivity index (χ3n) is 2.80. The van der Waals surface area contributed by atoms with E-state index in [2.05, 4.69) is 36.2 Å². The van der Waals surface area contributed by atoms with Crippen molar-refractivity contribution in [3.05, 3.63) is 58.6 Å². The summed E-state index contributed by atoms with van der Waals surface area (Å²) in [4.78, 5) is 12.6. The number of halogens is 2. The van der Waals surface area contributed by atoms with Crippen molar-refractivity contribution in [3.8, 4) is 0 Å². The number of anilines is 1. The molecule has 0 spiro atoms. The second-order valence-corrected chi connectivity index (χ2v) is 5.10. The Labute approximate surface area is 123 Å². The van der Waals surface area contributed by atoms with Crippen molar-refractivity contribution in [1.29, 1.82) is 0 Å². The number of pyridine rings is 1.